The number of rotatable bonds is 11. The molecule has 180 valence electrons. The summed E-state index contributed by atoms with van der Waals surface area (Å²) >= 11 is 0. The van der Waals surface area contributed by atoms with Crippen LogP contribution in [0.15, 0.2) is 48.5 Å². The highest BCUT2D eigenvalue weighted by Gasteiger charge is 2.47. The molecule has 10 heteroatoms. The summed E-state index contributed by atoms with van der Waals surface area (Å²) in [6.45, 7) is 0.632. The molecule has 2 aromatic carbocycles. The summed E-state index contributed by atoms with van der Waals surface area (Å²) in [5.41, 5.74) is 5.25. The molecule has 0 spiro atoms. The number of para-hydroxylation sites is 1. The molecule has 0 bridgehead atoms. The molecular weight excluding hydrogens is 440 g/mol. The monoisotopic (exact) mass is 468 g/mol. The van der Waals surface area contributed by atoms with Gasteiger partial charge in [0.05, 0.1) is 25.7 Å². The van der Waals surface area contributed by atoms with E-state index < -0.39 is 29.7 Å². The van der Waals surface area contributed by atoms with E-state index >= 15 is 0 Å². The third-order valence-corrected chi connectivity index (χ3v) is 5.80. The molecule has 1 fully saturated rings. The molecule has 1 saturated heterocycles. The highest BCUT2D eigenvalue weighted by molar-refractivity contribution is 6.35. The van der Waals surface area contributed by atoms with E-state index in [-0.39, 0.29) is 32.0 Å². The van der Waals surface area contributed by atoms with E-state index in [9.17, 15) is 19.5 Å². The smallest absolute Gasteiger partial charge is 0.312 e. The number of piperazine rings is 1. The average molecular weight is 469 g/mol. The van der Waals surface area contributed by atoms with Crippen molar-refractivity contribution in [2.75, 3.05) is 26.8 Å². The summed E-state index contributed by atoms with van der Waals surface area (Å²) < 4.78 is 11.3. The molecule has 5 N–H and O–H groups in total. The number of benzene rings is 2. The minimum absolute atomic E-state index is 0.0444. The molecule has 0 radical (unpaired) electrons. The van der Waals surface area contributed by atoms with Gasteiger partial charge in [0.2, 0.25) is 0 Å². The first kappa shape index (κ1) is 24.6. The number of ether oxygens (including phenoxy) is 2. The van der Waals surface area contributed by atoms with Crippen molar-refractivity contribution >= 4 is 23.6 Å². The van der Waals surface area contributed by atoms with Crippen LogP contribution >= 0.6 is 0 Å². The lowest BCUT2D eigenvalue weighted by Gasteiger charge is -2.45. The zero-order chi connectivity index (χ0) is 24.7. The SMILES string of the molecule is COc1ccccc1C(CCCOc1ccc(C(=N)N)cc1)(CC(=O)O)N1CCNC(=O)C1=O. The molecule has 3 rings (SSSR count). The second kappa shape index (κ2) is 10.7. The van der Waals surface area contributed by atoms with E-state index in [0.717, 1.165) is 0 Å². The van der Waals surface area contributed by atoms with Gasteiger partial charge in [0.1, 0.15) is 17.3 Å². The van der Waals surface area contributed by atoms with Crippen molar-refractivity contribution in [3.8, 4) is 11.5 Å². The zero-order valence-corrected chi connectivity index (χ0v) is 18.9. The Labute approximate surface area is 197 Å². The maximum Gasteiger partial charge on any atom is 0.312 e. The predicted molar refractivity (Wildman–Crippen MR) is 124 cm³/mol. The van der Waals surface area contributed by atoms with Crippen LogP contribution in [0.2, 0.25) is 0 Å². The van der Waals surface area contributed by atoms with Gasteiger partial charge in [-0.05, 0) is 43.2 Å². The second-order valence-corrected chi connectivity index (χ2v) is 7.91. The summed E-state index contributed by atoms with van der Waals surface area (Å²) in [6, 6.07) is 13.7. The van der Waals surface area contributed by atoms with Crippen LogP contribution in [-0.2, 0) is 19.9 Å². The molecule has 1 aliphatic heterocycles. The molecule has 2 aromatic rings. The number of carbonyl (C=O) groups excluding carboxylic acids is 2. The molecule has 1 atom stereocenters. The fraction of sp³-hybridized carbons (Fsp3) is 0.333. The number of hydrogen-bond donors (Lipinski definition) is 4. The largest absolute Gasteiger partial charge is 0.496 e. The number of amidine groups is 1. The Morgan fingerprint density at radius 1 is 1.21 bits per heavy atom. The summed E-state index contributed by atoms with van der Waals surface area (Å²) in [5.74, 6) is -1.69. The fourth-order valence-corrected chi connectivity index (χ4v) is 4.25. The molecule has 0 saturated carbocycles. The van der Waals surface area contributed by atoms with Gasteiger partial charge >= 0.3 is 17.8 Å². The third kappa shape index (κ3) is 5.28. The first-order valence-electron chi connectivity index (χ1n) is 10.8. The lowest BCUT2D eigenvalue weighted by Crippen LogP contribution is -2.60. The van der Waals surface area contributed by atoms with Crippen molar-refractivity contribution in [2.24, 2.45) is 5.73 Å². The second-order valence-electron chi connectivity index (χ2n) is 7.91. The van der Waals surface area contributed by atoms with E-state index in [1.807, 2.05) is 0 Å². The summed E-state index contributed by atoms with van der Waals surface area (Å²) in [7, 11) is 1.48. The van der Waals surface area contributed by atoms with Crippen molar-refractivity contribution in [2.45, 2.75) is 24.8 Å². The molecule has 0 aromatic heterocycles. The van der Waals surface area contributed by atoms with Gasteiger partial charge in [0, 0.05) is 24.2 Å². The molecule has 0 aliphatic carbocycles. The minimum Gasteiger partial charge on any atom is -0.496 e. The van der Waals surface area contributed by atoms with Crippen LogP contribution < -0.4 is 20.5 Å². The lowest BCUT2D eigenvalue weighted by atomic mass is 9.79. The van der Waals surface area contributed by atoms with Crippen LogP contribution in [0.4, 0.5) is 0 Å². The van der Waals surface area contributed by atoms with E-state index in [2.05, 4.69) is 5.32 Å². The van der Waals surface area contributed by atoms with Crippen molar-refractivity contribution in [1.82, 2.24) is 10.2 Å². The van der Waals surface area contributed by atoms with Gasteiger partial charge in [-0.1, -0.05) is 18.2 Å². The van der Waals surface area contributed by atoms with Gasteiger partial charge in [-0.2, -0.15) is 0 Å². The molecule has 2 amide bonds. The van der Waals surface area contributed by atoms with Crippen LogP contribution in [0.3, 0.4) is 0 Å². The number of carboxylic acids is 1. The highest BCUT2D eigenvalue weighted by Crippen LogP contribution is 2.42. The van der Waals surface area contributed by atoms with Crippen LogP contribution in [0.1, 0.15) is 30.4 Å². The highest BCUT2D eigenvalue weighted by atomic mass is 16.5. The number of methoxy groups -OCH3 is 1. The zero-order valence-electron chi connectivity index (χ0n) is 18.9. The quantitative estimate of drug-likeness (QED) is 0.168. The van der Waals surface area contributed by atoms with Crippen LogP contribution in [0, 0.1) is 5.41 Å². The maximum absolute atomic E-state index is 12.9. The number of nitrogens with one attached hydrogen (secondary N) is 2. The number of carbonyl (C=O) groups is 3. The molecule has 34 heavy (non-hydrogen) atoms. The van der Waals surface area contributed by atoms with Crippen molar-refractivity contribution in [3.05, 3.63) is 59.7 Å². The van der Waals surface area contributed by atoms with Gasteiger partial charge in [0.25, 0.3) is 0 Å². The van der Waals surface area contributed by atoms with E-state index in [4.69, 9.17) is 20.6 Å². The number of aliphatic carboxylic acids is 1. The Morgan fingerprint density at radius 2 is 1.91 bits per heavy atom. The molecule has 1 heterocycles. The Balaban J connectivity index is 1.90. The number of nitrogens with zero attached hydrogens (tertiary/aromatic N) is 1. The minimum atomic E-state index is -1.31. The standard InChI is InChI=1S/C24H28N4O6/c1-33-19-6-3-2-5-18(19)24(15-20(29)30,28-13-12-27-22(31)23(28)32)11-4-14-34-17-9-7-16(8-10-17)21(25)26/h2-3,5-10H,4,11-15H2,1H3,(H3,25,26)(H,27,31)(H,29,30). The van der Waals surface area contributed by atoms with Crippen LogP contribution in [0.5, 0.6) is 11.5 Å². The Hall–Kier alpha value is -4.08. The van der Waals surface area contributed by atoms with Gasteiger partial charge in [-0.3, -0.25) is 19.8 Å². The van der Waals surface area contributed by atoms with Crippen LogP contribution in [-0.4, -0.2) is 60.4 Å². The van der Waals surface area contributed by atoms with Crippen molar-refractivity contribution in [3.63, 3.8) is 0 Å². The van der Waals surface area contributed by atoms with Crippen molar-refractivity contribution in [1.29, 1.82) is 5.41 Å². The molecular formula is C24H28N4O6. The molecule has 10 nitrogen and oxygen atoms in total. The Kier molecular flexibility index (Phi) is 7.72. The average Bonchev–Trinajstić information content (AvgIpc) is 2.83. The van der Waals surface area contributed by atoms with Gasteiger partial charge in [-0.15, -0.1) is 0 Å². The normalized spacial score (nSPS) is 15.3. The first-order chi connectivity index (χ1) is 16.3. The molecule has 1 unspecified atom stereocenters. The Morgan fingerprint density at radius 3 is 2.56 bits per heavy atom. The van der Waals surface area contributed by atoms with Gasteiger partial charge in [0.15, 0.2) is 0 Å². The predicted octanol–water partition coefficient (Wildman–Crippen LogP) is 1.47. The number of hydrogen-bond acceptors (Lipinski definition) is 6. The van der Waals surface area contributed by atoms with Gasteiger partial charge in [-0.25, -0.2) is 0 Å². The van der Waals surface area contributed by atoms with E-state index in [1.165, 1.54) is 12.0 Å². The van der Waals surface area contributed by atoms with Crippen LogP contribution in [0.25, 0.3) is 0 Å². The van der Waals surface area contributed by atoms with Crippen molar-refractivity contribution < 1.29 is 29.0 Å². The summed E-state index contributed by atoms with van der Waals surface area (Å²) in [5, 5.41) is 19.8. The number of nitrogen functional groups attached to an aromatic ring is 1. The summed E-state index contributed by atoms with van der Waals surface area (Å²) in [6.07, 6.45) is 0.217. The van der Waals surface area contributed by atoms with E-state index in [0.29, 0.717) is 29.0 Å². The Bertz CT molecular complexity index is 1070. The molecule has 1 aliphatic rings. The topological polar surface area (TPSA) is 155 Å². The maximum atomic E-state index is 12.9. The number of amides is 2. The first-order valence-corrected chi connectivity index (χ1v) is 10.8. The third-order valence-electron chi connectivity index (χ3n) is 5.80. The summed E-state index contributed by atoms with van der Waals surface area (Å²) in [4.78, 5) is 38.4. The number of nitrogens with two attached hydrogens (primary N) is 1. The van der Waals surface area contributed by atoms with Gasteiger partial charge < -0.3 is 30.5 Å². The fourth-order valence-electron chi connectivity index (χ4n) is 4.25. The number of carboxylic acid groups (broad SMARTS) is 1. The van der Waals surface area contributed by atoms with E-state index in [1.54, 1.807) is 48.5 Å². The lowest BCUT2D eigenvalue weighted by molar-refractivity contribution is -0.157.